The molecule has 0 atom stereocenters. The van der Waals surface area contributed by atoms with Crippen LogP contribution in [0.5, 0.6) is 5.75 Å². The van der Waals surface area contributed by atoms with Gasteiger partial charge < -0.3 is 15.8 Å². The van der Waals surface area contributed by atoms with Gasteiger partial charge >= 0.3 is 0 Å². The minimum Gasteiger partial charge on any atom is -0.489 e. The molecule has 0 heterocycles. The average molecular weight is 256 g/mol. The van der Waals surface area contributed by atoms with Crippen LogP contribution in [0.15, 0.2) is 48.5 Å². The molecule has 3 N–H and O–H groups in total. The Morgan fingerprint density at radius 3 is 2.32 bits per heavy atom. The van der Waals surface area contributed by atoms with Crippen LogP contribution in [0.1, 0.15) is 11.1 Å². The van der Waals surface area contributed by atoms with Gasteiger partial charge in [0.15, 0.2) is 0 Å². The summed E-state index contributed by atoms with van der Waals surface area (Å²) in [6.45, 7) is 4.09. The number of aryl methyl sites for hydroxylation is 1. The van der Waals surface area contributed by atoms with E-state index >= 15 is 0 Å². The van der Waals surface area contributed by atoms with Crippen molar-refractivity contribution in [2.24, 2.45) is 5.73 Å². The molecule has 2 rings (SSSR count). The van der Waals surface area contributed by atoms with Crippen LogP contribution < -0.4 is 15.8 Å². The van der Waals surface area contributed by atoms with Crippen molar-refractivity contribution in [1.29, 1.82) is 0 Å². The van der Waals surface area contributed by atoms with Crippen molar-refractivity contribution in [1.82, 2.24) is 0 Å². The lowest BCUT2D eigenvalue weighted by molar-refractivity contribution is 0.306. The maximum atomic E-state index is 5.74. The van der Waals surface area contributed by atoms with E-state index in [4.69, 9.17) is 10.5 Å². The van der Waals surface area contributed by atoms with Crippen LogP contribution in [0, 0.1) is 6.92 Å². The molecule has 2 aromatic rings. The van der Waals surface area contributed by atoms with Crippen molar-refractivity contribution in [3.8, 4) is 5.75 Å². The van der Waals surface area contributed by atoms with Crippen molar-refractivity contribution < 1.29 is 4.74 Å². The van der Waals surface area contributed by atoms with Gasteiger partial charge in [-0.3, -0.25) is 0 Å². The zero-order chi connectivity index (χ0) is 13.5. The van der Waals surface area contributed by atoms with Crippen LogP contribution >= 0.6 is 0 Å². The second-order valence-electron chi connectivity index (χ2n) is 4.51. The normalized spacial score (nSPS) is 10.2. The molecule has 3 heteroatoms. The summed E-state index contributed by atoms with van der Waals surface area (Å²) >= 11 is 0. The highest BCUT2D eigenvalue weighted by atomic mass is 16.5. The first-order valence-corrected chi connectivity index (χ1v) is 6.50. The van der Waals surface area contributed by atoms with Crippen LogP contribution in [0.3, 0.4) is 0 Å². The summed E-state index contributed by atoms with van der Waals surface area (Å²) in [5.41, 5.74) is 8.94. The lowest BCUT2D eigenvalue weighted by Crippen LogP contribution is -2.12. The Bertz CT molecular complexity index is 491. The quantitative estimate of drug-likeness (QED) is 0.835. The van der Waals surface area contributed by atoms with Gasteiger partial charge in [-0.05, 0) is 36.8 Å². The third kappa shape index (κ3) is 4.30. The maximum absolute atomic E-state index is 5.74. The van der Waals surface area contributed by atoms with Gasteiger partial charge in [0.2, 0.25) is 0 Å². The summed E-state index contributed by atoms with van der Waals surface area (Å²) in [5.74, 6) is 0.874. The molecule has 0 aromatic heterocycles. The van der Waals surface area contributed by atoms with Crippen molar-refractivity contribution in [3.63, 3.8) is 0 Å². The highest BCUT2D eigenvalue weighted by Gasteiger charge is 1.97. The molecule has 0 amide bonds. The van der Waals surface area contributed by atoms with Crippen molar-refractivity contribution >= 4 is 5.69 Å². The zero-order valence-electron chi connectivity index (χ0n) is 11.2. The average Bonchev–Trinajstić information content (AvgIpc) is 2.46. The topological polar surface area (TPSA) is 47.3 Å². The van der Waals surface area contributed by atoms with Gasteiger partial charge in [0.1, 0.15) is 12.4 Å². The molecule has 0 aliphatic carbocycles. The first-order chi connectivity index (χ1) is 9.28. The number of nitrogens with two attached hydrogens (primary N) is 1. The predicted molar refractivity (Wildman–Crippen MR) is 79.5 cm³/mol. The molecule has 0 fully saturated rings. The molecular formula is C16H20N2O. The highest BCUT2D eigenvalue weighted by molar-refractivity contribution is 5.46. The summed E-state index contributed by atoms with van der Waals surface area (Å²) in [6.07, 6.45) is 0. The number of benzene rings is 2. The predicted octanol–water partition coefficient (Wildman–Crippen LogP) is 2.94. The third-order valence-corrected chi connectivity index (χ3v) is 2.85. The Balaban J connectivity index is 1.87. The van der Waals surface area contributed by atoms with Gasteiger partial charge in [0.05, 0.1) is 0 Å². The van der Waals surface area contributed by atoms with E-state index in [1.54, 1.807) is 0 Å². The maximum Gasteiger partial charge on any atom is 0.119 e. The van der Waals surface area contributed by atoms with Crippen molar-refractivity contribution in [3.05, 3.63) is 59.7 Å². The van der Waals surface area contributed by atoms with Crippen molar-refractivity contribution in [2.45, 2.75) is 13.5 Å². The van der Waals surface area contributed by atoms with Crippen LogP contribution in [0.4, 0.5) is 5.69 Å². The number of rotatable bonds is 6. The van der Waals surface area contributed by atoms with E-state index in [2.05, 4.69) is 36.5 Å². The molecule has 2 aromatic carbocycles. The minimum atomic E-state index is 0.593. The van der Waals surface area contributed by atoms with Crippen LogP contribution in [-0.4, -0.2) is 13.1 Å². The molecule has 0 aliphatic rings. The Labute approximate surface area is 114 Å². The SMILES string of the molecule is Cc1ccc(COc2ccc(NCCN)cc2)cc1. The molecule has 100 valence electrons. The summed E-state index contributed by atoms with van der Waals surface area (Å²) in [4.78, 5) is 0. The molecule has 0 saturated carbocycles. The van der Waals surface area contributed by atoms with E-state index in [1.807, 2.05) is 24.3 Å². The molecule has 0 aliphatic heterocycles. The number of hydrogen-bond donors (Lipinski definition) is 2. The number of nitrogens with one attached hydrogen (secondary N) is 1. The molecule has 0 spiro atoms. The van der Waals surface area contributed by atoms with Gasteiger partial charge in [0, 0.05) is 18.8 Å². The van der Waals surface area contributed by atoms with Gasteiger partial charge in [-0.2, -0.15) is 0 Å². The lowest BCUT2D eigenvalue weighted by Gasteiger charge is -2.08. The Kier molecular flexibility index (Phi) is 4.81. The number of hydrogen-bond acceptors (Lipinski definition) is 3. The molecule has 3 nitrogen and oxygen atoms in total. The van der Waals surface area contributed by atoms with E-state index < -0.39 is 0 Å². The first kappa shape index (κ1) is 13.4. The fourth-order valence-electron chi connectivity index (χ4n) is 1.74. The van der Waals surface area contributed by atoms with E-state index in [1.165, 1.54) is 11.1 Å². The number of ether oxygens (including phenoxy) is 1. The Morgan fingerprint density at radius 1 is 1.00 bits per heavy atom. The molecule has 0 radical (unpaired) electrons. The smallest absolute Gasteiger partial charge is 0.119 e. The summed E-state index contributed by atoms with van der Waals surface area (Å²) in [7, 11) is 0. The summed E-state index contributed by atoms with van der Waals surface area (Å²) in [6, 6.07) is 16.3. The van der Waals surface area contributed by atoms with Gasteiger partial charge in [0.25, 0.3) is 0 Å². The summed E-state index contributed by atoms with van der Waals surface area (Å²) in [5, 5.41) is 3.22. The number of anilines is 1. The molecule has 19 heavy (non-hydrogen) atoms. The molecule has 0 saturated heterocycles. The largest absolute Gasteiger partial charge is 0.489 e. The molecule has 0 unspecified atom stereocenters. The second kappa shape index (κ2) is 6.81. The van der Waals surface area contributed by atoms with Crippen LogP contribution in [-0.2, 0) is 6.61 Å². The fraction of sp³-hybridized carbons (Fsp3) is 0.250. The Hall–Kier alpha value is -2.00. The minimum absolute atomic E-state index is 0.593. The van der Waals surface area contributed by atoms with E-state index in [0.29, 0.717) is 13.2 Å². The Morgan fingerprint density at radius 2 is 1.68 bits per heavy atom. The van der Waals surface area contributed by atoms with Gasteiger partial charge in [-0.25, -0.2) is 0 Å². The zero-order valence-corrected chi connectivity index (χ0v) is 11.2. The van der Waals surface area contributed by atoms with Gasteiger partial charge in [-0.1, -0.05) is 29.8 Å². The second-order valence-corrected chi connectivity index (χ2v) is 4.51. The third-order valence-electron chi connectivity index (χ3n) is 2.85. The van der Waals surface area contributed by atoms with E-state index in [-0.39, 0.29) is 0 Å². The standard InChI is InChI=1S/C16H20N2O/c1-13-2-4-14(5-3-13)12-19-16-8-6-15(7-9-16)18-11-10-17/h2-9,18H,10-12,17H2,1H3. The van der Waals surface area contributed by atoms with E-state index in [9.17, 15) is 0 Å². The van der Waals surface area contributed by atoms with Gasteiger partial charge in [-0.15, -0.1) is 0 Å². The van der Waals surface area contributed by atoms with E-state index in [0.717, 1.165) is 18.0 Å². The highest BCUT2D eigenvalue weighted by Crippen LogP contribution is 2.17. The lowest BCUT2D eigenvalue weighted by atomic mass is 10.2. The summed E-state index contributed by atoms with van der Waals surface area (Å²) < 4.78 is 5.74. The van der Waals surface area contributed by atoms with Crippen molar-refractivity contribution in [2.75, 3.05) is 18.4 Å². The molecule has 0 bridgehead atoms. The van der Waals surface area contributed by atoms with Crippen LogP contribution in [0.25, 0.3) is 0 Å². The monoisotopic (exact) mass is 256 g/mol. The molecular weight excluding hydrogens is 236 g/mol. The first-order valence-electron chi connectivity index (χ1n) is 6.50. The van der Waals surface area contributed by atoms with Crippen LogP contribution in [0.2, 0.25) is 0 Å². The fourth-order valence-corrected chi connectivity index (χ4v) is 1.74.